The Morgan fingerprint density at radius 3 is 2.44 bits per heavy atom. The molecule has 0 radical (unpaired) electrons. The first-order chi connectivity index (χ1) is 16.5. The zero-order valence-corrected chi connectivity index (χ0v) is 19.8. The van der Waals surface area contributed by atoms with Crippen LogP contribution < -0.4 is 10.9 Å². The summed E-state index contributed by atoms with van der Waals surface area (Å²) >= 11 is 1.23. The fraction of sp³-hybridized carbons (Fsp3) is 0.231. The van der Waals surface area contributed by atoms with Gasteiger partial charge in [-0.2, -0.15) is 0 Å². The Morgan fingerprint density at radius 2 is 1.76 bits per heavy atom. The number of nitrogens with zero attached hydrogens (tertiary/aromatic N) is 3. The van der Waals surface area contributed by atoms with Gasteiger partial charge in [0.25, 0.3) is 5.56 Å². The third kappa shape index (κ3) is 5.34. The van der Waals surface area contributed by atoms with Crippen LogP contribution in [0.3, 0.4) is 0 Å². The molecule has 0 unspecified atom stereocenters. The second-order valence-corrected chi connectivity index (χ2v) is 9.01. The van der Waals surface area contributed by atoms with E-state index in [1.54, 1.807) is 30.5 Å². The molecule has 4 rings (SSSR count). The maximum Gasteiger partial charge on any atom is 0.263 e. The highest BCUT2D eigenvalue weighted by atomic mass is 32.2. The lowest BCUT2D eigenvalue weighted by Gasteiger charge is -2.18. The molecule has 34 heavy (non-hydrogen) atoms. The number of carbonyl (C=O) groups excluding carboxylic acids is 1. The zero-order chi connectivity index (χ0) is 24.1. The van der Waals surface area contributed by atoms with Crippen molar-refractivity contribution in [3.05, 3.63) is 94.2 Å². The van der Waals surface area contributed by atoms with Crippen LogP contribution in [0.4, 0.5) is 10.1 Å². The van der Waals surface area contributed by atoms with Crippen LogP contribution in [0.2, 0.25) is 0 Å². The minimum Gasteiger partial charge on any atom is -0.325 e. The van der Waals surface area contributed by atoms with E-state index in [1.807, 2.05) is 31.2 Å². The molecule has 4 aromatic rings. The number of carbonyl (C=O) groups is 1. The Morgan fingerprint density at radius 1 is 1.06 bits per heavy atom. The maximum atomic E-state index is 13.4. The summed E-state index contributed by atoms with van der Waals surface area (Å²) in [4.78, 5) is 35.2. The molecule has 0 aliphatic rings. The van der Waals surface area contributed by atoms with Crippen molar-refractivity contribution >= 4 is 34.4 Å². The summed E-state index contributed by atoms with van der Waals surface area (Å²) < 4.78 is 14.9. The number of halogens is 1. The van der Waals surface area contributed by atoms with Crippen LogP contribution in [0, 0.1) is 5.82 Å². The Bertz CT molecular complexity index is 1350. The maximum absolute atomic E-state index is 13.4. The number of nitrogens with one attached hydrogen (secondary N) is 1. The van der Waals surface area contributed by atoms with Gasteiger partial charge in [0, 0.05) is 11.9 Å². The lowest BCUT2D eigenvalue weighted by molar-refractivity contribution is -0.115. The molecule has 1 atom stereocenters. The molecular formula is C26H25FN4O2S. The number of anilines is 1. The summed E-state index contributed by atoms with van der Waals surface area (Å²) in [5.74, 6) is -0.512. The van der Waals surface area contributed by atoms with Gasteiger partial charge in [-0.15, -0.1) is 0 Å². The van der Waals surface area contributed by atoms with E-state index in [0.717, 1.165) is 17.7 Å². The number of pyridine rings is 1. The number of amides is 1. The van der Waals surface area contributed by atoms with Crippen molar-refractivity contribution in [2.24, 2.45) is 0 Å². The van der Waals surface area contributed by atoms with Crippen LogP contribution in [0.1, 0.15) is 31.4 Å². The first-order valence-corrected chi connectivity index (χ1v) is 12.0. The van der Waals surface area contributed by atoms with Crippen LogP contribution in [0.15, 0.2) is 76.8 Å². The summed E-state index contributed by atoms with van der Waals surface area (Å²) in [6, 6.07) is 17.1. The third-order valence-electron chi connectivity index (χ3n) is 5.49. The number of aromatic nitrogens is 3. The van der Waals surface area contributed by atoms with E-state index in [9.17, 15) is 14.0 Å². The first kappa shape index (κ1) is 23.6. The summed E-state index contributed by atoms with van der Waals surface area (Å²) in [6.45, 7) is 4.20. The number of fused-ring (bicyclic) bond motifs is 1. The average molecular weight is 477 g/mol. The summed E-state index contributed by atoms with van der Waals surface area (Å²) in [5, 5.41) is 3.27. The lowest BCUT2D eigenvalue weighted by atomic mass is 10.1. The summed E-state index contributed by atoms with van der Waals surface area (Å²) in [5.41, 5.74) is 2.74. The van der Waals surface area contributed by atoms with Crippen LogP contribution in [0.5, 0.6) is 0 Å². The number of rotatable bonds is 8. The molecule has 0 aliphatic heterocycles. The SMILES string of the molecule is CCc1ccc(NC(=O)[C@H](CC)Sc2nc3ncccc3c(=O)n2Cc2ccc(F)cc2)cc1. The highest BCUT2D eigenvalue weighted by molar-refractivity contribution is 8.00. The number of thioether (sulfide) groups is 1. The van der Waals surface area contributed by atoms with E-state index in [-0.39, 0.29) is 23.8 Å². The molecule has 2 heterocycles. The molecule has 2 aromatic heterocycles. The number of hydrogen-bond acceptors (Lipinski definition) is 5. The molecule has 0 bridgehead atoms. The van der Waals surface area contributed by atoms with E-state index in [2.05, 4.69) is 22.2 Å². The van der Waals surface area contributed by atoms with Crippen LogP contribution in [-0.4, -0.2) is 25.7 Å². The van der Waals surface area contributed by atoms with Gasteiger partial charge in [-0.1, -0.05) is 49.9 Å². The Hall–Kier alpha value is -3.52. The topological polar surface area (TPSA) is 76.9 Å². The van der Waals surface area contributed by atoms with E-state index < -0.39 is 5.25 Å². The van der Waals surface area contributed by atoms with Crippen molar-refractivity contribution in [2.75, 3.05) is 5.32 Å². The van der Waals surface area contributed by atoms with Gasteiger partial charge in [0.05, 0.1) is 17.2 Å². The molecule has 0 saturated heterocycles. The van der Waals surface area contributed by atoms with Crippen LogP contribution in [-0.2, 0) is 17.8 Å². The Kier molecular flexibility index (Phi) is 7.37. The van der Waals surface area contributed by atoms with Crippen molar-refractivity contribution in [1.29, 1.82) is 0 Å². The molecule has 0 saturated carbocycles. The van der Waals surface area contributed by atoms with Gasteiger partial charge in [0.1, 0.15) is 5.82 Å². The smallest absolute Gasteiger partial charge is 0.263 e. The molecule has 0 fully saturated rings. The monoisotopic (exact) mass is 476 g/mol. The van der Waals surface area contributed by atoms with Crippen molar-refractivity contribution < 1.29 is 9.18 Å². The predicted octanol–water partition coefficient (Wildman–Crippen LogP) is 5.05. The molecule has 2 aromatic carbocycles. The van der Waals surface area contributed by atoms with Crippen molar-refractivity contribution in [2.45, 2.75) is 43.6 Å². The van der Waals surface area contributed by atoms with Gasteiger partial charge in [-0.05, 0) is 60.4 Å². The highest BCUT2D eigenvalue weighted by Gasteiger charge is 2.22. The van der Waals surface area contributed by atoms with E-state index in [1.165, 1.54) is 34.0 Å². The quantitative estimate of drug-likeness (QED) is 0.284. The second-order valence-electron chi connectivity index (χ2n) is 7.84. The highest BCUT2D eigenvalue weighted by Crippen LogP contribution is 2.26. The van der Waals surface area contributed by atoms with Gasteiger partial charge in [0.2, 0.25) is 5.91 Å². The molecule has 0 aliphatic carbocycles. The van der Waals surface area contributed by atoms with Gasteiger partial charge in [0.15, 0.2) is 10.8 Å². The second kappa shape index (κ2) is 10.6. The Balaban J connectivity index is 1.65. The van der Waals surface area contributed by atoms with Crippen molar-refractivity contribution in [3.63, 3.8) is 0 Å². The average Bonchev–Trinajstić information content (AvgIpc) is 2.86. The first-order valence-electron chi connectivity index (χ1n) is 11.1. The van der Waals surface area contributed by atoms with Gasteiger partial charge in [-0.25, -0.2) is 14.4 Å². The van der Waals surface area contributed by atoms with Gasteiger partial charge >= 0.3 is 0 Å². The van der Waals surface area contributed by atoms with Crippen molar-refractivity contribution in [3.8, 4) is 0 Å². The fourth-order valence-electron chi connectivity index (χ4n) is 3.53. The standard InChI is InChI=1S/C26H25FN4O2S/c1-3-17-9-13-20(14-10-17)29-24(32)22(4-2)34-26-30-23-21(6-5-15-28-23)25(33)31(26)16-18-7-11-19(27)12-8-18/h5-15,22H,3-4,16H2,1-2H3,(H,29,32)/t22-/m0/s1. The Labute approximate surface area is 201 Å². The molecule has 0 spiro atoms. The molecule has 1 N–H and O–H groups in total. The zero-order valence-electron chi connectivity index (χ0n) is 19.0. The number of benzene rings is 2. The molecule has 174 valence electrons. The minimum absolute atomic E-state index is 0.166. The molecule has 1 amide bonds. The summed E-state index contributed by atoms with van der Waals surface area (Å²) in [6.07, 6.45) is 3.04. The van der Waals surface area contributed by atoms with Crippen LogP contribution >= 0.6 is 11.8 Å². The summed E-state index contributed by atoms with van der Waals surface area (Å²) in [7, 11) is 0. The fourth-order valence-corrected chi connectivity index (χ4v) is 4.54. The predicted molar refractivity (Wildman–Crippen MR) is 134 cm³/mol. The van der Waals surface area contributed by atoms with E-state index in [4.69, 9.17) is 0 Å². The molecular weight excluding hydrogens is 451 g/mol. The molecule has 6 nitrogen and oxygen atoms in total. The normalized spacial score (nSPS) is 12.0. The number of hydrogen-bond donors (Lipinski definition) is 1. The minimum atomic E-state index is -0.474. The van der Waals surface area contributed by atoms with Crippen LogP contribution in [0.25, 0.3) is 11.0 Å². The molecule has 8 heteroatoms. The number of aryl methyl sites for hydroxylation is 1. The van der Waals surface area contributed by atoms with E-state index >= 15 is 0 Å². The third-order valence-corrected chi connectivity index (χ3v) is 6.84. The van der Waals surface area contributed by atoms with E-state index in [0.29, 0.717) is 22.6 Å². The van der Waals surface area contributed by atoms with Gasteiger partial charge in [-0.3, -0.25) is 14.2 Å². The van der Waals surface area contributed by atoms with Crippen molar-refractivity contribution in [1.82, 2.24) is 14.5 Å². The largest absolute Gasteiger partial charge is 0.325 e. The van der Waals surface area contributed by atoms with Gasteiger partial charge < -0.3 is 5.32 Å². The lowest BCUT2D eigenvalue weighted by Crippen LogP contribution is -2.28.